The van der Waals surface area contributed by atoms with Crippen molar-refractivity contribution in [2.24, 2.45) is 0 Å². The van der Waals surface area contributed by atoms with Gasteiger partial charge in [-0.1, -0.05) is 188 Å². The Hall–Kier alpha value is -6.97. The van der Waals surface area contributed by atoms with E-state index in [1.54, 1.807) is 0 Å². The van der Waals surface area contributed by atoms with Crippen LogP contribution in [-0.4, -0.2) is 15.0 Å². The van der Waals surface area contributed by atoms with E-state index in [1.807, 2.05) is 36.4 Å². The maximum atomic E-state index is 5.13. The van der Waals surface area contributed by atoms with Gasteiger partial charge in [0, 0.05) is 16.7 Å². The van der Waals surface area contributed by atoms with Crippen LogP contribution in [0.25, 0.3) is 89.4 Å². The van der Waals surface area contributed by atoms with Crippen LogP contribution in [0.5, 0.6) is 0 Å². The molecule has 0 fully saturated rings. The fourth-order valence-corrected chi connectivity index (χ4v) is 6.93. The summed E-state index contributed by atoms with van der Waals surface area (Å²) in [5.41, 5.74) is 12.1. The zero-order valence-electron chi connectivity index (χ0n) is 28.4. The third kappa shape index (κ3) is 6.17. The van der Waals surface area contributed by atoms with Crippen molar-refractivity contribution in [3.63, 3.8) is 0 Å². The smallest absolute Gasteiger partial charge is 0.164 e. The normalized spacial score (nSPS) is 11.1. The molecule has 9 aromatic rings. The highest BCUT2D eigenvalue weighted by Gasteiger charge is 2.16. The molecule has 0 aliphatic heterocycles. The summed E-state index contributed by atoms with van der Waals surface area (Å²) in [6.45, 7) is 0. The van der Waals surface area contributed by atoms with Crippen LogP contribution < -0.4 is 0 Å². The molecule has 0 spiro atoms. The molecule has 9 rings (SSSR count). The second-order valence-corrected chi connectivity index (χ2v) is 12.9. The second-order valence-electron chi connectivity index (χ2n) is 12.9. The zero-order chi connectivity index (χ0) is 34.7. The first kappa shape index (κ1) is 31.0. The Balaban J connectivity index is 1.18. The van der Waals surface area contributed by atoms with E-state index < -0.39 is 0 Å². The SMILES string of the molecule is c1ccc(-c2ccc(-c3ccc4ccccc4c3-c3cccc(-c4nc(-c5ccccc5)nc(-c5cccc(-c6ccccc6)c5)n4)c3)cc2)cc1. The van der Waals surface area contributed by atoms with Gasteiger partial charge in [0.05, 0.1) is 0 Å². The van der Waals surface area contributed by atoms with Crippen molar-refractivity contribution >= 4 is 10.8 Å². The summed E-state index contributed by atoms with van der Waals surface area (Å²) in [5.74, 6) is 1.90. The van der Waals surface area contributed by atoms with E-state index in [-0.39, 0.29) is 0 Å². The van der Waals surface area contributed by atoms with Crippen molar-refractivity contribution in [1.29, 1.82) is 0 Å². The Morgan fingerprint density at radius 2 is 0.673 bits per heavy atom. The molecule has 244 valence electrons. The van der Waals surface area contributed by atoms with Crippen LogP contribution in [0, 0.1) is 0 Å². The molecule has 52 heavy (non-hydrogen) atoms. The fourth-order valence-electron chi connectivity index (χ4n) is 6.93. The molecule has 0 aliphatic carbocycles. The molecular formula is C49H33N3. The van der Waals surface area contributed by atoms with Gasteiger partial charge in [-0.25, -0.2) is 15.0 Å². The molecule has 0 amide bonds. The van der Waals surface area contributed by atoms with Crippen LogP contribution in [0.2, 0.25) is 0 Å². The molecule has 0 atom stereocenters. The van der Waals surface area contributed by atoms with Crippen molar-refractivity contribution in [1.82, 2.24) is 15.0 Å². The van der Waals surface area contributed by atoms with E-state index in [4.69, 9.17) is 15.0 Å². The molecule has 0 unspecified atom stereocenters. The lowest BCUT2D eigenvalue weighted by Crippen LogP contribution is -2.00. The van der Waals surface area contributed by atoms with Crippen LogP contribution in [0.4, 0.5) is 0 Å². The first-order valence-corrected chi connectivity index (χ1v) is 17.5. The third-order valence-corrected chi connectivity index (χ3v) is 9.54. The van der Waals surface area contributed by atoms with Gasteiger partial charge in [-0.2, -0.15) is 0 Å². The fraction of sp³-hybridized carbons (Fsp3) is 0. The quantitative estimate of drug-likeness (QED) is 0.170. The van der Waals surface area contributed by atoms with Gasteiger partial charge < -0.3 is 0 Å². The monoisotopic (exact) mass is 663 g/mol. The molecule has 0 bridgehead atoms. The van der Waals surface area contributed by atoms with E-state index >= 15 is 0 Å². The first-order chi connectivity index (χ1) is 25.8. The average Bonchev–Trinajstić information content (AvgIpc) is 3.24. The Morgan fingerprint density at radius 3 is 1.31 bits per heavy atom. The van der Waals surface area contributed by atoms with E-state index in [0.717, 1.165) is 38.9 Å². The molecule has 0 N–H and O–H groups in total. The van der Waals surface area contributed by atoms with Gasteiger partial charge in [-0.15, -0.1) is 0 Å². The van der Waals surface area contributed by atoms with Gasteiger partial charge in [-0.3, -0.25) is 0 Å². The van der Waals surface area contributed by atoms with Crippen LogP contribution in [0.15, 0.2) is 200 Å². The first-order valence-electron chi connectivity index (χ1n) is 17.5. The molecule has 0 saturated carbocycles. The summed E-state index contributed by atoms with van der Waals surface area (Å²) in [5, 5.41) is 2.39. The second kappa shape index (κ2) is 13.7. The lowest BCUT2D eigenvalue weighted by Gasteiger charge is -2.16. The number of benzene rings is 8. The molecule has 0 radical (unpaired) electrons. The standard InChI is InChI=1S/C49H33N3/c1-4-14-34(15-5-1)36-26-28-38(29-27-36)45-31-30-37-18-10-11-25-44(37)46(45)41-22-13-24-43(33-41)49-51-47(39-19-8-3-9-20-39)50-48(52-49)42-23-12-21-40(32-42)35-16-6-2-7-17-35/h1-33H. The number of nitrogens with zero attached hydrogens (tertiary/aromatic N) is 3. The predicted octanol–water partition coefficient (Wildman–Crippen LogP) is 12.7. The molecule has 1 aromatic heterocycles. The zero-order valence-corrected chi connectivity index (χ0v) is 28.4. The molecule has 1 heterocycles. The van der Waals surface area contributed by atoms with E-state index in [0.29, 0.717) is 17.5 Å². The number of hydrogen-bond donors (Lipinski definition) is 0. The third-order valence-electron chi connectivity index (χ3n) is 9.54. The Morgan fingerprint density at radius 1 is 0.250 bits per heavy atom. The minimum absolute atomic E-state index is 0.629. The van der Waals surface area contributed by atoms with Crippen molar-refractivity contribution in [2.75, 3.05) is 0 Å². The van der Waals surface area contributed by atoms with E-state index in [2.05, 4.69) is 164 Å². The highest BCUT2D eigenvalue weighted by Crippen LogP contribution is 2.40. The molecule has 3 heteroatoms. The Bertz CT molecular complexity index is 2650. The predicted molar refractivity (Wildman–Crippen MR) is 215 cm³/mol. The maximum absolute atomic E-state index is 5.13. The van der Waals surface area contributed by atoms with Crippen LogP contribution in [0.1, 0.15) is 0 Å². The molecule has 0 aliphatic rings. The van der Waals surface area contributed by atoms with Gasteiger partial charge in [-0.05, 0) is 67.4 Å². The van der Waals surface area contributed by atoms with Gasteiger partial charge in [0.15, 0.2) is 17.5 Å². The largest absolute Gasteiger partial charge is 0.208 e. The van der Waals surface area contributed by atoms with Gasteiger partial charge >= 0.3 is 0 Å². The van der Waals surface area contributed by atoms with Gasteiger partial charge in [0.25, 0.3) is 0 Å². The number of hydrogen-bond acceptors (Lipinski definition) is 3. The van der Waals surface area contributed by atoms with Crippen molar-refractivity contribution in [3.8, 4) is 78.7 Å². The summed E-state index contributed by atoms with van der Waals surface area (Å²) in [4.78, 5) is 15.2. The Kier molecular flexibility index (Phi) is 8.20. The van der Waals surface area contributed by atoms with E-state index in [9.17, 15) is 0 Å². The van der Waals surface area contributed by atoms with Crippen LogP contribution in [0.3, 0.4) is 0 Å². The molecule has 3 nitrogen and oxygen atoms in total. The van der Waals surface area contributed by atoms with E-state index in [1.165, 1.54) is 33.0 Å². The number of aromatic nitrogens is 3. The molecular weight excluding hydrogens is 631 g/mol. The minimum atomic E-state index is 0.629. The number of fused-ring (bicyclic) bond motifs is 1. The molecule has 8 aromatic carbocycles. The van der Waals surface area contributed by atoms with Crippen LogP contribution in [-0.2, 0) is 0 Å². The number of rotatable bonds is 7. The minimum Gasteiger partial charge on any atom is -0.208 e. The van der Waals surface area contributed by atoms with Gasteiger partial charge in [0.2, 0.25) is 0 Å². The van der Waals surface area contributed by atoms with Crippen molar-refractivity contribution in [3.05, 3.63) is 200 Å². The van der Waals surface area contributed by atoms with Crippen molar-refractivity contribution in [2.45, 2.75) is 0 Å². The summed E-state index contributed by atoms with van der Waals surface area (Å²) < 4.78 is 0. The highest BCUT2D eigenvalue weighted by molar-refractivity contribution is 6.04. The molecule has 0 saturated heterocycles. The lowest BCUT2D eigenvalue weighted by atomic mass is 9.88. The summed E-state index contributed by atoms with van der Waals surface area (Å²) in [6.07, 6.45) is 0. The van der Waals surface area contributed by atoms with Crippen LogP contribution >= 0.6 is 0 Å². The van der Waals surface area contributed by atoms with Gasteiger partial charge in [0.1, 0.15) is 0 Å². The lowest BCUT2D eigenvalue weighted by molar-refractivity contribution is 1.07. The topological polar surface area (TPSA) is 38.7 Å². The highest BCUT2D eigenvalue weighted by atomic mass is 15.0. The summed E-state index contributed by atoms with van der Waals surface area (Å²) >= 11 is 0. The summed E-state index contributed by atoms with van der Waals surface area (Å²) in [7, 11) is 0. The Labute approximate surface area is 303 Å². The van der Waals surface area contributed by atoms with Crippen molar-refractivity contribution < 1.29 is 0 Å². The average molecular weight is 664 g/mol. The maximum Gasteiger partial charge on any atom is 0.164 e. The summed E-state index contributed by atoms with van der Waals surface area (Å²) in [6, 6.07) is 70.1.